The number of aliphatic carboxylic acids is 1. The average Bonchev–Trinajstić information content (AvgIpc) is 2.67. The predicted molar refractivity (Wildman–Crippen MR) is 61.5 cm³/mol. The Balaban J connectivity index is 0.000000246. The third-order valence-electron chi connectivity index (χ3n) is 2.77. The first kappa shape index (κ1) is 16.0. The van der Waals surface area contributed by atoms with Crippen molar-refractivity contribution in [1.29, 1.82) is 0 Å². The minimum atomic E-state index is -5.08. The summed E-state index contributed by atoms with van der Waals surface area (Å²) in [6.07, 6.45) is -4.16. The molecule has 0 bridgehead atoms. The number of carboxylic acids is 2. The molecule has 0 saturated carbocycles. The molecule has 1 aromatic rings. The number of alkyl halides is 3. The van der Waals surface area contributed by atoms with Crippen LogP contribution in [0.1, 0.15) is 21.7 Å². The highest BCUT2D eigenvalue weighted by atomic mass is 19.4. The van der Waals surface area contributed by atoms with Crippen LogP contribution in [-0.2, 0) is 24.8 Å². The van der Waals surface area contributed by atoms with E-state index >= 15 is 0 Å². The minimum Gasteiger partial charge on any atom is -0.477 e. The standard InChI is InChI=1S/C9H12N2O2.C2HF3O2/c1-11-7(9(12)13)4-6-2-3-10-5-8(6)11;3-2(4,5)1(6)7/h4,10H,2-3,5H2,1H3,(H,12,13);(H,6,7). The van der Waals surface area contributed by atoms with Gasteiger partial charge in [-0.3, -0.25) is 0 Å². The number of carboxylic acid groups (broad SMARTS) is 2. The average molecular weight is 294 g/mol. The van der Waals surface area contributed by atoms with Crippen molar-refractivity contribution >= 4 is 11.9 Å². The molecule has 0 atom stereocenters. The van der Waals surface area contributed by atoms with Crippen LogP contribution < -0.4 is 5.32 Å². The summed E-state index contributed by atoms with van der Waals surface area (Å²) in [7, 11) is 1.80. The van der Waals surface area contributed by atoms with E-state index in [2.05, 4.69) is 5.32 Å². The molecular formula is C11H13F3N2O4. The molecule has 1 aliphatic heterocycles. The Bertz CT molecular complexity index is 522. The molecule has 2 heterocycles. The molecule has 0 radical (unpaired) electrons. The van der Waals surface area contributed by atoms with E-state index in [1.165, 1.54) is 5.56 Å². The predicted octanol–water partition coefficient (Wildman–Crippen LogP) is 1.00. The Morgan fingerprint density at radius 3 is 2.30 bits per heavy atom. The second-order valence-corrected chi connectivity index (χ2v) is 4.10. The number of hydrogen-bond acceptors (Lipinski definition) is 3. The summed E-state index contributed by atoms with van der Waals surface area (Å²) in [5.41, 5.74) is 2.65. The van der Waals surface area contributed by atoms with Crippen LogP contribution in [0.3, 0.4) is 0 Å². The fourth-order valence-corrected chi connectivity index (χ4v) is 1.79. The van der Waals surface area contributed by atoms with Crippen LogP contribution in [0.25, 0.3) is 0 Å². The van der Waals surface area contributed by atoms with Crippen molar-refractivity contribution < 1.29 is 33.0 Å². The minimum absolute atomic E-state index is 0.383. The van der Waals surface area contributed by atoms with Gasteiger partial charge in [0.1, 0.15) is 5.69 Å². The fraction of sp³-hybridized carbons (Fsp3) is 0.455. The van der Waals surface area contributed by atoms with Crippen LogP contribution >= 0.6 is 0 Å². The summed E-state index contributed by atoms with van der Waals surface area (Å²) in [6, 6.07) is 1.78. The summed E-state index contributed by atoms with van der Waals surface area (Å²) in [4.78, 5) is 19.7. The van der Waals surface area contributed by atoms with Gasteiger partial charge in [0.25, 0.3) is 0 Å². The molecule has 112 valence electrons. The van der Waals surface area contributed by atoms with Crippen molar-refractivity contribution in [2.45, 2.75) is 19.1 Å². The number of aromatic carboxylic acids is 1. The number of halogens is 3. The van der Waals surface area contributed by atoms with Gasteiger partial charge in [0.05, 0.1) is 0 Å². The molecule has 0 saturated heterocycles. The molecule has 20 heavy (non-hydrogen) atoms. The van der Waals surface area contributed by atoms with Gasteiger partial charge < -0.3 is 20.1 Å². The first-order valence-corrected chi connectivity index (χ1v) is 5.56. The molecule has 0 aliphatic carbocycles. The molecule has 6 nitrogen and oxygen atoms in total. The third kappa shape index (κ3) is 3.73. The summed E-state index contributed by atoms with van der Waals surface area (Å²) in [5, 5.41) is 19.2. The van der Waals surface area contributed by atoms with Crippen molar-refractivity contribution in [2.24, 2.45) is 7.05 Å². The SMILES string of the molecule is Cn1c(C(=O)O)cc2c1CNCC2.O=C(O)C(F)(F)F. The second kappa shape index (κ2) is 5.95. The Morgan fingerprint density at radius 2 is 1.90 bits per heavy atom. The highest BCUT2D eigenvalue weighted by Crippen LogP contribution is 2.18. The smallest absolute Gasteiger partial charge is 0.477 e. The second-order valence-electron chi connectivity index (χ2n) is 4.10. The van der Waals surface area contributed by atoms with Crippen molar-refractivity contribution in [3.8, 4) is 0 Å². The lowest BCUT2D eigenvalue weighted by atomic mass is 10.1. The van der Waals surface area contributed by atoms with Gasteiger partial charge in [-0.1, -0.05) is 0 Å². The van der Waals surface area contributed by atoms with Gasteiger partial charge in [-0.25, -0.2) is 9.59 Å². The van der Waals surface area contributed by atoms with Gasteiger partial charge in [0, 0.05) is 19.3 Å². The highest BCUT2D eigenvalue weighted by Gasteiger charge is 2.38. The quantitative estimate of drug-likeness (QED) is 0.719. The van der Waals surface area contributed by atoms with Crippen LogP contribution in [0.5, 0.6) is 0 Å². The maximum absolute atomic E-state index is 10.8. The van der Waals surface area contributed by atoms with E-state index in [0.717, 1.165) is 25.2 Å². The van der Waals surface area contributed by atoms with Crippen molar-refractivity contribution in [2.75, 3.05) is 6.54 Å². The van der Waals surface area contributed by atoms with Crippen molar-refractivity contribution in [3.63, 3.8) is 0 Å². The maximum Gasteiger partial charge on any atom is 0.490 e. The zero-order chi connectivity index (χ0) is 15.5. The van der Waals surface area contributed by atoms with E-state index in [4.69, 9.17) is 15.0 Å². The van der Waals surface area contributed by atoms with Crippen LogP contribution in [0.15, 0.2) is 6.07 Å². The van der Waals surface area contributed by atoms with E-state index in [-0.39, 0.29) is 0 Å². The normalized spacial score (nSPS) is 14.0. The van der Waals surface area contributed by atoms with Crippen molar-refractivity contribution in [3.05, 3.63) is 23.0 Å². The van der Waals surface area contributed by atoms with E-state index in [1.807, 2.05) is 0 Å². The van der Waals surface area contributed by atoms with E-state index in [0.29, 0.717) is 5.69 Å². The number of carbonyl (C=O) groups is 2. The van der Waals surface area contributed by atoms with E-state index in [1.54, 1.807) is 17.7 Å². The summed E-state index contributed by atoms with van der Waals surface area (Å²) in [5.74, 6) is -3.61. The fourth-order valence-electron chi connectivity index (χ4n) is 1.79. The topological polar surface area (TPSA) is 91.6 Å². The number of nitrogens with one attached hydrogen (secondary N) is 1. The van der Waals surface area contributed by atoms with Gasteiger partial charge in [0.2, 0.25) is 0 Å². The number of nitrogens with zero attached hydrogens (tertiary/aromatic N) is 1. The molecule has 0 aromatic carbocycles. The van der Waals surface area contributed by atoms with Crippen molar-refractivity contribution in [1.82, 2.24) is 9.88 Å². The molecule has 9 heteroatoms. The molecule has 0 amide bonds. The monoisotopic (exact) mass is 294 g/mol. The number of rotatable bonds is 1. The largest absolute Gasteiger partial charge is 0.490 e. The number of aromatic nitrogens is 1. The molecule has 1 aromatic heterocycles. The first-order valence-electron chi connectivity index (χ1n) is 5.56. The molecule has 3 N–H and O–H groups in total. The summed E-state index contributed by atoms with van der Waals surface area (Å²) in [6.45, 7) is 1.72. The maximum atomic E-state index is 10.8. The summed E-state index contributed by atoms with van der Waals surface area (Å²) < 4.78 is 33.5. The Kier molecular flexibility index (Phi) is 4.77. The van der Waals surface area contributed by atoms with Gasteiger partial charge in [-0.05, 0) is 24.6 Å². The van der Waals surface area contributed by atoms with Crippen LogP contribution in [-0.4, -0.2) is 39.4 Å². The zero-order valence-electron chi connectivity index (χ0n) is 10.5. The molecule has 2 rings (SSSR count). The number of fused-ring (bicyclic) bond motifs is 1. The zero-order valence-corrected chi connectivity index (χ0v) is 10.5. The molecule has 1 aliphatic rings. The van der Waals surface area contributed by atoms with Gasteiger partial charge >= 0.3 is 18.1 Å². The van der Waals surface area contributed by atoms with Gasteiger partial charge in [-0.2, -0.15) is 13.2 Å². The lowest BCUT2D eigenvalue weighted by molar-refractivity contribution is -0.192. The molecule has 0 spiro atoms. The van der Waals surface area contributed by atoms with Crippen LogP contribution in [0.4, 0.5) is 13.2 Å². The van der Waals surface area contributed by atoms with Crippen LogP contribution in [0.2, 0.25) is 0 Å². The Labute approximate surface area is 111 Å². The first-order chi connectivity index (χ1) is 9.14. The molecule has 0 unspecified atom stereocenters. The van der Waals surface area contributed by atoms with E-state index in [9.17, 15) is 18.0 Å². The highest BCUT2D eigenvalue weighted by molar-refractivity contribution is 5.86. The van der Waals surface area contributed by atoms with Gasteiger partial charge in [-0.15, -0.1) is 0 Å². The lowest BCUT2D eigenvalue weighted by Gasteiger charge is -2.14. The van der Waals surface area contributed by atoms with Gasteiger partial charge in [0.15, 0.2) is 0 Å². The summed E-state index contributed by atoms with van der Waals surface area (Å²) >= 11 is 0. The molecule has 0 fully saturated rings. The lowest BCUT2D eigenvalue weighted by Crippen LogP contribution is -2.24. The number of hydrogen-bond donors (Lipinski definition) is 3. The Hall–Kier alpha value is -2.03. The van der Waals surface area contributed by atoms with E-state index < -0.39 is 18.1 Å². The Morgan fingerprint density at radius 1 is 1.35 bits per heavy atom. The third-order valence-corrected chi connectivity index (χ3v) is 2.77. The molecular weight excluding hydrogens is 281 g/mol. The van der Waals surface area contributed by atoms with Crippen LogP contribution in [0, 0.1) is 0 Å².